The smallest absolute Gasteiger partial charge is 0.269 e. The molecule has 3 amide bonds. The highest BCUT2D eigenvalue weighted by Gasteiger charge is 2.15. The number of benzene rings is 2. The van der Waals surface area contributed by atoms with Crippen molar-refractivity contribution in [2.45, 2.75) is 20.3 Å². The molecule has 3 N–H and O–H groups in total. The van der Waals surface area contributed by atoms with Crippen molar-refractivity contribution in [1.82, 2.24) is 16.2 Å². The van der Waals surface area contributed by atoms with Crippen LogP contribution in [0.4, 0.5) is 0 Å². The van der Waals surface area contributed by atoms with Crippen LogP contribution in [-0.4, -0.2) is 44.6 Å². The fourth-order valence-corrected chi connectivity index (χ4v) is 2.57. The molecule has 0 aromatic heterocycles. The summed E-state index contributed by atoms with van der Waals surface area (Å²) in [7, 11) is 1.48. The maximum absolute atomic E-state index is 12.3. The Kier molecular flexibility index (Phi) is 9.15. The van der Waals surface area contributed by atoms with Crippen LogP contribution in [0.5, 0.6) is 17.2 Å². The number of carbonyl (C=O) groups is 3. The highest BCUT2D eigenvalue weighted by atomic mass is 16.5. The molecule has 0 aliphatic carbocycles. The summed E-state index contributed by atoms with van der Waals surface area (Å²) in [5, 5.41) is 2.49. The van der Waals surface area contributed by atoms with E-state index in [0.29, 0.717) is 36.0 Å². The van der Waals surface area contributed by atoms with Gasteiger partial charge in [0.15, 0.2) is 11.5 Å². The quantitative estimate of drug-likeness (QED) is 0.498. The summed E-state index contributed by atoms with van der Waals surface area (Å²) in [6, 6.07) is 11.4. The van der Waals surface area contributed by atoms with E-state index in [1.165, 1.54) is 13.2 Å². The molecule has 0 aliphatic heterocycles. The molecule has 166 valence electrons. The molecule has 0 bridgehead atoms. The van der Waals surface area contributed by atoms with Gasteiger partial charge < -0.3 is 19.5 Å². The standard InChI is InChI=1S/C22H27N3O6/c1-4-12-31-18-11-10-15(13-19(18)29-3)21(27)25-24-20(26)14-23-22(28)16-8-6-7-9-17(16)30-5-2/h6-11,13H,4-5,12,14H2,1-3H3,(H,23,28)(H,24,26)(H,25,27). The highest BCUT2D eigenvalue weighted by molar-refractivity contribution is 5.99. The lowest BCUT2D eigenvalue weighted by atomic mass is 10.2. The van der Waals surface area contributed by atoms with Gasteiger partial charge in [0.25, 0.3) is 17.7 Å². The summed E-state index contributed by atoms with van der Waals surface area (Å²) in [6.45, 7) is 4.40. The van der Waals surface area contributed by atoms with Crippen LogP contribution in [0.25, 0.3) is 0 Å². The van der Waals surface area contributed by atoms with E-state index in [1.807, 2.05) is 13.8 Å². The topological polar surface area (TPSA) is 115 Å². The largest absolute Gasteiger partial charge is 0.493 e. The van der Waals surface area contributed by atoms with Gasteiger partial charge in [-0.3, -0.25) is 25.2 Å². The third kappa shape index (κ3) is 6.91. The maximum atomic E-state index is 12.3. The summed E-state index contributed by atoms with van der Waals surface area (Å²) in [6.07, 6.45) is 0.838. The van der Waals surface area contributed by atoms with Crippen LogP contribution in [0, 0.1) is 0 Å². The molecular weight excluding hydrogens is 402 g/mol. The first kappa shape index (κ1) is 23.5. The van der Waals surface area contributed by atoms with Gasteiger partial charge in [0.1, 0.15) is 5.75 Å². The lowest BCUT2D eigenvalue weighted by Gasteiger charge is -2.13. The van der Waals surface area contributed by atoms with E-state index in [1.54, 1.807) is 36.4 Å². The number of rotatable bonds is 10. The minimum absolute atomic E-state index is 0.274. The molecule has 0 unspecified atom stereocenters. The van der Waals surface area contributed by atoms with Crippen molar-refractivity contribution in [3.05, 3.63) is 53.6 Å². The minimum Gasteiger partial charge on any atom is -0.493 e. The Morgan fingerprint density at radius 3 is 2.35 bits per heavy atom. The third-order valence-corrected chi connectivity index (χ3v) is 4.04. The SMILES string of the molecule is CCCOc1ccc(C(=O)NNC(=O)CNC(=O)c2ccccc2OCC)cc1OC. The normalized spacial score (nSPS) is 10.0. The van der Waals surface area contributed by atoms with E-state index in [4.69, 9.17) is 14.2 Å². The van der Waals surface area contributed by atoms with Gasteiger partial charge in [-0.05, 0) is 43.7 Å². The van der Waals surface area contributed by atoms with Crippen molar-refractivity contribution in [2.24, 2.45) is 0 Å². The second-order valence-electron chi connectivity index (χ2n) is 6.33. The van der Waals surface area contributed by atoms with Gasteiger partial charge >= 0.3 is 0 Å². The molecule has 0 radical (unpaired) electrons. The molecular formula is C22H27N3O6. The lowest BCUT2D eigenvalue weighted by Crippen LogP contribution is -2.46. The molecule has 2 aromatic rings. The average Bonchev–Trinajstić information content (AvgIpc) is 2.80. The molecule has 2 aromatic carbocycles. The number of ether oxygens (including phenoxy) is 3. The molecule has 0 saturated carbocycles. The van der Waals surface area contributed by atoms with Crippen molar-refractivity contribution >= 4 is 17.7 Å². The Bertz CT molecular complexity index is 916. The van der Waals surface area contributed by atoms with Crippen molar-refractivity contribution in [3.8, 4) is 17.2 Å². The first-order valence-electron chi connectivity index (χ1n) is 9.90. The predicted molar refractivity (Wildman–Crippen MR) is 114 cm³/mol. The zero-order valence-electron chi connectivity index (χ0n) is 17.8. The van der Waals surface area contributed by atoms with Crippen molar-refractivity contribution in [2.75, 3.05) is 26.9 Å². The first-order valence-corrected chi connectivity index (χ1v) is 9.90. The molecule has 2 rings (SSSR count). The van der Waals surface area contributed by atoms with Crippen LogP contribution in [-0.2, 0) is 4.79 Å². The number of carbonyl (C=O) groups excluding carboxylic acids is 3. The number of amides is 3. The summed E-state index contributed by atoms with van der Waals surface area (Å²) in [5.74, 6) is -0.228. The zero-order valence-corrected chi connectivity index (χ0v) is 17.8. The number of hydrogen-bond acceptors (Lipinski definition) is 6. The Morgan fingerprint density at radius 1 is 0.871 bits per heavy atom. The molecule has 0 fully saturated rings. The van der Waals surface area contributed by atoms with Crippen LogP contribution >= 0.6 is 0 Å². The van der Waals surface area contributed by atoms with Crippen LogP contribution in [0.3, 0.4) is 0 Å². The van der Waals surface area contributed by atoms with Gasteiger partial charge in [-0.25, -0.2) is 0 Å². The van der Waals surface area contributed by atoms with Gasteiger partial charge in [-0.1, -0.05) is 19.1 Å². The second-order valence-corrected chi connectivity index (χ2v) is 6.33. The molecule has 0 spiro atoms. The molecule has 0 atom stereocenters. The van der Waals surface area contributed by atoms with E-state index >= 15 is 0 Å². The van der Waals surface area contributed by atoms with Crippen molar-refractivity contribution < 1.29 is 28.6 Å². The molecule has 0 saturated heterocycles. The summed E-state index contributed by atoms with van der Waals surface area (Å²) < 4.78 is 16.2. The van der Waals surface area contributed by atoms with Gasteiger partial charge in [0, 0.05) is 5.56 Å². The van der Waals surface area contributed by atoms with E-state index < -0.39 is 17.7 Å². The third-order valence-electron chi connectivity index (χ3n) is 4.04. The van der Waals surface area contributed by atoms with Gasteiger partial charge in [-0.15, -0.1) is 0 Å². The number of para-hydroxylation sites is 1. The monoisotopic (exact) mass is 429 g/mol. The summed E-state index contributed by atoms with van der Waals surface area (Å²) in [4.78, 5) is 36.6. The highest BCUT2D eigenvalue weighted by Crippen LogP contribution is 2.28. The van der Waals surface area contributed by atoms with Crippen LogP contribution in [0.2, 0.25) is 0 Å². The average molecular weight is 429 g/mol. The first-order chi connectivity index (χ1) is 15.0. The van der Waals surface area contributed by atoms with Gasteiger partial charge in [0.05, 0.1) is 32.4 Å². The van der Waals surface area contributed by atoms with Crippen LogP contribution in [0.15, 0.2) is 42.5 Å². The maximum Gasteiger partial charge on any atom is 0.269 e. The Balaban J connectivity index is 1.87. The molecule has 0 aliphatic rings. The van der Waals surface area contributed by atoms with E-state index in [2.05, 4.69) is 16.2 Å². The lowest BCUT2D eigenvalue weighted by molar-refractivity contribution is -0.120. The van der Waals surface area contributed by atoms with E-state index in [0.717, 1.165) is 6.42 Å². The number of methoxy groups -OCH3 is 1. The molecule has 9 heteroatoms. The number of nitrogens with one attached hydrogen (secondary N) is 3. The fraction of sp³-hybridized carbons (Fsp3) is 0.318. The van der Waals surface area contributed by atoms with Crippen molar-refractivity contribution in [1.29, 1.82) is 0 Å². The van der Waals surface area contributed by atoms with E-state index in [-0.39, 0.29) is 12.1 Å². The van der Waals surface area contributed by atoms with Crippen LogP contribution < -0.4 is 30.4 Å². The number of hydrazine groups is 1. The van der Waals surface area contributed by atoms with Crippen molar-refractivity contribution in [3.63, 3.8) is 0 Å². The number of hydrogen-bond donors (Lipinski definition) is 3. The molecule has 31 heavy (non-hydrogen) atoms. The summed E-state index contributed by atoms with van der Waals surface area (Å²) >= 11 is 0. The Hall–Kier alpha value is -3.75. The van der Waals surface area contributed by atoms with E-state index in [9.17, 15) is 14.4 Å². The molecule has 0 heterocycles. The predicted octanol–water partition coefficient (Wildman–Crippen LogP) is 2.07. The molecule has 9 nitrogen and oxygen atoms in total. The van der Waals surface area contributed by atoms with Gasteiger partial charge in [-0.2, -0.15) is 0 Å². The summed E-state index contributed by atoms with van der Waals surface area (Å²) in [5.41, 5.74) is 5.15. The Labute approximate surface area is 181 Å². The zero-order chi connectivity index (χ0) is 22.6. The van der Waals surface area contributed by atoms with Gasteiger partial charge in [0.2, 0.25) is 0 Å². The Morgan fingerprint density at radius 2 is 1.65 bits per heavy atom. The van der Waals surface area contributed by atoms with Crippen LogP contribution in [0.1, 0.15) is 41.0 Å². The minimum atomic E-state index is -0.592. The second kappa shape index (κ2) is 12.1. The fourth-order valence-electron chi connectivity index (χ4n) is 2.57.